The minimum absolute atomic E-state index is 0.0224. The first-order valence-corrected chi connectivity index (χ1v) is 17.0. The lowest BCUT2D eigenvalue weighted by molar-refractivity contribution is -0.124. The average molecular weight is 697 g/mol. The third kappa shape index (κ3) is 12.7. The molecule has 4 N–H and O–H groups in total. The van der Waals surface area contributed by atoms with Crippen LogP contribution in [0.2, 0.25) is 0 Å². The standard InChI is InChI=1S/C39H48N6O6/c1-27(2)36(44-38(48)45(3)25-31-17-18-33(50-4)24-41-31)37(47)42-32(20-28-12-7-5-8-13-28)22-35(46)34(21-29-14-9-6-10-15-29)43-39(49)51-26-30-16-11-19-40-23-30/h5-19,23-24,27,32,34-36,46H,20-22,25-26H2,1-4H3,(H,42,47)(H,43,49)(H,44,48)/t32-,34-,35-,36?/m0/s1. The molecule has 0 fully saturated rings. The number of aliphatic hydroxyl groups excluding tert-OH is 1. The van der Waals surface area contributed by atoms with Crippen molar-refractivity contribution in [3.05, 3.63) is 126 Å². The molecule has 12 nitrogen and oxygen atoms in total. The first kappa shape index (κ1) is 38.3. The predicted octanol–water partition coefficient (Wildman–Crippen LogP) is 4.67. The number of nitrogens with one attached hydrogen (secondary N) is 3. The lowest BCUT2D eigenvalue weighted by atomic mass is 9.93. The number of alkyl carbamates (subject to hydrolysis) is 1. The van der Waals surface area contributed by atoms with Gasteiger partial charge in [0.05, 0.1) is 37.7 Å². The Hall–Kier alpha value is -5.49. The Balaban J connectivity index is 1.47. The highest BCUT2D eigenvalue weighted by Gasteiger charge is 2.31. The van der Waals surface area contributed by atoms with Crippen molar-refractivity contribution in [1.29, 1.82) is 0 Å². The van der Waals surface area contributed by atoms with E-state index in [1.54, 1.807) is 57.0 Å². The molecular weight excluding hydrogens is 648 g/mol. The Kier molecular flexibility index (Phi) is 14.8. The number of pyridine rings is 2. The highest BCUT2D eigenvalue weighted by atomic mass is 16.5. The number of rotatable bonds is 17. The summed E-state index contributed by atoms with van der Waals surface area (Å²) in [6, 6.07) is 23.7. The van der Waals surface area contributed by atoms with E-state index in [9.17, 15) is 19.5 Å². The number of carbonyl (C=O) groups is 3. The molecule has 0 saturated heterocycles. The van der Waals surface area contributed by atoms with E-state index in [1.807, 2.05) is 74.5 Å². The van der Waals surface area contributed by atoms with Crippen molar-refractivity contribution in [2.75, 3.05) is 14.2 Å². The second-order valence-electron chi connectivity index (χ2n) is 12.8. The Morgan fingerprint density at radius 1 is 0.824 bits per heavy atom. The molecule has 0 bridgehead atoms. The molecule has 2 aromatic heterocycles. The number of methoxy groups -OCH3 is 1. The zero-order valence-corrected chi connectivity index (χ0v) is 29.6. The number of aliphatic hydroxyl groups is 1. The summed E-state index contributed by atoms with van der Waals surface area (Å²) in [6.07, 6.45) is 3.94. The molecule has 4 rings (SSSR count). The molecule has 0 aliphatic carbocycles. The average Bonchev–Trinajstić information content (AvgIpc) is 3.14. The summed E-state index contributed by atoms with van der Waals surface area (Å²) in [5, 5.41) is 20.5. The van der Waals surface area contributed by atoms with Gasteiger partial charge in [0, 0.05) is 31.0 Å². The van der Waals surface area contributed by atoms with Gasteiger partial charge in [0.1, 0.15) is 18.4 Å². The number of hydrogen-bond donors (Lipinski definition) is 4. The van der Waals surface area contributed by atoms with E-state index in [0.29, 0.717) is 24.3 Å². The molecule has 0 aliphatic rings. The summed E-state index contributed by atoms with van der Waals surface area (Å²) in [5.74, 6) is -0.0164. The van der Waals surface area contributed by atoms with Gasteiger partial charge in [-0.25, -0.2) is 9.59 Å². The van der Waals surface area contributed by atoms with E-state index >= 15 is 0 Å². The molecule has 51 heavy (non-hydrogen) atoms. The fourth-order valence-corrected chi connectivity index (χ4v) is 5.53. The molecule has 2 aromatic carbocycles. The Morgan fingerprint density at radius 3 is 2.08 bits per heavy atom. The molecule has 0 saturated carbocycles. The van der Waals surface area contributed by atoms with Crippen molar-refractivity contribution in [3.63, 3.8) is 0 Å². The first-order valence-electron chi connectivity index (χ1n) is 17.0. The van der Waals surface area contributed by atoms with Gasteiger partial charge in [-0.3, -0.25) is 14.8 Å². The molecule has 0 spiro atoms. The van der Waals surface area contributed by atoms with Crippen LogP contribution in [0, 0.1) is 5.92 Å². The third-order valence-electron chi connectivity index (χ3n) is 8.36. The van der Waals surface area contributed by atoms with Crippen LogP contribution < -0.4 is 20.7 Å². The van der Waals surface area contributed by atoms with Crippen LogP contribution in [-0.4, -0.2) is 76.4 Å². The van der Waals surface area contributed by atoms with E-state index < -0.39 is 36.4 Å². The van der Waals surface area contributed by atoms with Gasteiger partial charge in [0.2, 0.25) is 5.91 Å². The van der Waals surface area contributed by atoms with Gasteiger partial charge in [-0.2, -0.15) is 0 Å². The Morgan fingerprint density at radius 2 is 1.49 bits per heavy atom. The number of aromatic nitrogens is 2. The minimum Gasteiger partial charge on any atom is -0.495 e. The number of hydrogen-bond acceptors (Lipinski definition) is 8. The number of ether oxygens (including phenoxy) is 2. The lowest BCUT2D eigenvalue weighted by Gasteiger charge is -2.30. The SMILES string of the molecule is COc1ccc(CN(C)C(=O)NC(C(=O)N[C@@H](Cc2ccccc2)C[C@H](O)[C@H](Cc2ccccc2)NC(=O)OCc2cccnc2)C(C)C)nc1. The Labute approximate surface area is 299 Å². The number of urea groups is 1. The largest absolute Gasteiger partial charge is 0.495 e. The van der Waals surface area contributed by atoms with Crippen LogP contribution in [0.15, 0.2) is 104 Å². The van der Waals surface area contributed by atoms with E-state index in [-0.39, 0.29) is 31.4 Å². The quantitative estimate of drug-likeness (QED) is 0.124. The van der Waals surface area contributed by atoms with E-state index in [1.165, 1.54) is 4.90 Å². The topological polar surface area (TPSA) is 155 Å². The molecule has 0 radical (unpaired) electrons. The fraction of sp³-hybridized carbons (Fsp3) is 0.359. The lowest BCUT2D eigenvalue weighted by Crippen LogP contribution is -2.55. The van der Waals surface area contributed by atoms with Crippen LogP contribution in [0.5, 0.6) is 5.75 Å². The zero-order valence-electron chi connectivity index (χ0n) is 29.6. The van der Waals surface area contributed by atoms with Gasteiger partial charge >= 0.3 is 12.1 Å². The number of nitrogens with zero attached hydrogens (tertiary/aromatic N) is 3. The van der Waals surface area contributed by atoms with Crippen LogP contribution in [0.4, 0.5) is 9.59 Å². The molecule has 4 aromatic rings. The van der Waals surface area contributed by atoms with Crippen LogP contribution in [0.3, 0.4) is 0 Å². The van der Waals surface area contributed by atoms with Gasteiger partial charge in [-0.15, -0.1) is 0 Å². The molecule has 1 unspecified atom stereocenters. The van der Waals surface area contributed by atoms with Crippen molar-refractivity contribution >= 4 is 18.0 Å². The van der Waals surface area contributed by atoms with Crippen molar-refractivity contribution in [3.8, 4) is 5.75 Å². The molecule has 12 heteroatoms. The van der Waals surface area contributed by atoms with Gasteiger partial charge in [0.25, 0.3) is 0 Å². The summed E-state index contributed by atoms with van der Waals surface area (Å²) in [6.45, 7) is 3.96. The highest BCUT2D eigenvalue weighted by molar-refractivity contribution is 5.87. The normalized spacial score (nSPS) is 13.3. The maximum Gasteiger partial charge on any atom is 0.407 e. The summed E-state index contributed by atoms with van der Waals surface area (Å²) < 4.78 is 10.6. The number of amides is 4. The highest BCUT2D eigenvalue weighted by Crippen LogP contribution is 2.16. The first-order chi connectivity index (χ1) is 24.6. The molecule has 270 valence electrons. The molecule has 0 aliphatic heterocycles. The minimum atomic E-state index is -1.07. The third-order valence-corrected chi connectivity index (χ3v) is 8.36. The van der Waals surface area contributed by atoms with Gasteiger partial charge in [-0.05, 0) is 54.5 Å². The van der Waals surface area contributed by atoms with Gasteiger partial charge < -0.3 is 35.4 Å². The van der Waals surface area contributed by atoms with Crippen molar-refractivity contribution < 1.29 is 29.0 Å². The summed E-state index contributed by atoms with van der Waals surface area (Å²) in [4.78, 5) is 49.9. The van der Waals surface area contributed by atoms with Crippen molar-refractivity contribution in [2.24, 2.45) is 5.92 Å². The van der Waals surface area contributed by atoms with Crippen LogP contribution in [0.25, 0.3) is 0 Å². The molecule has 4 amide bonds. The van der Waals surface area contributed by atoms with Gasteiger partial charge in [-0.1, -0.05) is 80.6 Å². The van der Waals surface area contributed by atoms with Crippen molar-refractivity contribution in [1.82, 2.24) is 30.8 Å². The van der Waals surface area contributed by atoms with Gasteiger partial charge in [0.15, 0.2) is 0 Å². The molecular formula is C39H48N6O6. The molecule has 4 atom stereocenters. The Bertz CT molecular complexity index is 1640. The summed E-state index contributed by atoms with van der Waals surface area (Å²) in [5.41, 5.74) is 3.26. The summed E-state index contributed by atoms with van der Waals surface area (Å²) >= 11 is 0. The van der Waals surface area contributed by atoms with E-state index in [0.717, 1.165) is 16.7 Å². The second-order valence-corrected chi connectivity index (χ2v) is 12.8. The summed E-state index contributed by atoms with van der Waals surface area (Å²) in [7, 11) is 3.19. The maximum atomic E-state index is 13.9. The van der Waals surface area contributed by atoms with Crippen LogP contribution >= 0.6 is 0 Å². The van der Waals surface area contributed by atoms with E-state index in [2.05, 4.69) is 25.9 Å². The second kappa shape index (κ2) is 19.6. The van der Waals surface area contributed by atoms with Crippen molar-refractivity contribution in [2.45, 2.75) is 70.5 Å². The number of carbonyl (C=O) groups excluding carboxylic acids is 3. The predicted molar refractivity (Wildman–Crippen MR) is 194 cm³/mol. The monoisotopic (exact) mass is 696 g/mol. The number of benzene rings is 2. The smallest absolute Gasteiger partial charge is 0.407 e. The van der Waals surface area contributed by atoms with Crippen LogP contribution in [-0.2, 0) is 35.5 Å². The van der Waals surface area contributed by atoms with E-state index in [4.69, 9.17) is 9.47 Å². The van der Waals surface area contributed by atoms with Crippen LogP contribution in [0.1, 0.15) is 42.7 Å². The maximum absolute atomic E-state index is 13.9. The fourth-order valence-electron chi connectivity index (χ4n) is 5.53. The molecule has 2 heterocycles. The zero-order chi connectivity index (χ0) is 36.6.